The van der Waals surface area contributed by atoms with Crippen LogP contribution in [-0.2, 0) is 9.53 Å². The van der Waals surface area contributed by atoms with Gasteiger partial charge in [-0.1, -0.05) is 19.9 Å². The average molecular weight is 281 g/mol. The Labute approximate surface area is 119 Å². The standard InChI is InChI=1S/C15H23NO2S/c1-4-5-13-10(2)11(3)14(19-13)8-16-15(17)12-6-7-18-9-12/h12-13H,2,4-9H2,1,3H3,(H,16,17). The predicted molar refractivity (Wildman–Crippen MR) is 80.1 cm³/mol. The van der Waals surface area contributed by atoms with Crippen molar-refractivity contribution < 1.29 is 9.53 Å². The van der Waals surface area contributed by atoms with Gasteiger partial charge in [-0.25, -0.2) is 0 Å². The lowest BCUT2D eigenvalue weighted by atomic mass is 10.0. The molecule has 3 nitrogen and oxygen atoms in total. The van der Waals surface area contributed by atoms with Crippen molar-refractivity contribution in [3.05, 3.63) is 22.6 Å². The van der Waals surface area contributed by atoms with Gasteiger partial charge in [-0.05, 0) is 30.9 Å². The Morgan fingerprint density at radius 1 is 1.58 bits per heavy atom. The molecule has 0 spiro atoms. The van der Waals surface area contributed by atoms with E-state index in [-0.39, 0.29) is 11.8 Å². The first-order valence-electron chi connectivity index (χ1n) is 7.04. The Hall–Kier alpha value is -0.740. The first kappa shape index (κ1) is 14.7. The summed E-state index contributed by atoms with van der Waals surface area (Å²) in [5.41, 5.74) is 2.51. The van der Waals surface area contributed by atoms with Crippen LogP contribution in [0.25, 0.3) is 0 Å². The zero-order valence-corrected chi connectivity index (χ0v) is 12.6. The van der Waals surface area contributed by atoms with Crippen molar-refractivity contribution in [2.75, 3.05) is 19.8 Å². The summed E-state index contributed by atoms with van der Waals surface area (Å²) < 4.78 is 5.25. The molecule has 0 aromatic carbocycles. The molecule has 2 atom stereocenters. The van der Waals surface area contributed by atoms with Gasteiger partial charge in [-0.15, -0.1) is 11.8 Å². The molecule has 2 unspecified atom stereocenters. The molecule has 106 valence electrons. The summed E-state index contributed by atoms with van der Waals surface area (Å²) in [6.07, 6.45) is 3.18. The number of thioether (sulfide) groups is 1. The van der Waals surface area contributed by atoms with Gasteiger partial charge in [0.2, 0.25) is 5.91 Å². The third-order valence-electron chi connectivity index (χ3n) is 3.85. The summed E-state index contributed by atoms with van der Waals surface area (Å²) in [6, 6.07) is 0. The lowest BCUT2D eigenvalue weighted by Crippen LogP contribution is -2.32. The molecule has 4 heteroatoms. The van der Waals surface area contributed by atoms with Crippen LogP contribution >= 0.6 is 11.8 Å². The molecule has 1 N–H and O–H groups in total. The summed E-state index contributed by atoms with van der Waals surface area (Å²) in [4.78, 5) is 13.2. The molecule has 1 saturated heterocycles. The molecule has 2 aliphatic heterocycles. The van der Waals surface area contributed by atoms with Gasteiger partial charge in [-0.3, -0.25) is 4.79 Å². The quantitative estimate of drug-likeness (QED) is 0.842. The van der Waals surface area contributed by atoms with E-state index >= 15 is 0 Å². The minimum absolute atomic E-state index is 0.0435. The van der Waals surface area contributed by atoms with Crippen LogP contribution in [0.4, 0.5) is 0 Å². The predicted octanol–water partition coefficient (Wildman–Crippen LogP) is 2.88. The first-order valence-corrected chi connectivity index (χ1v) is 7.92. The minimum atomic E-state index is 0.0435. The first-order chi connectivity index (χ1) is 9.13. The monoisotopic (exact) mass is 281 g/mol. The van der Waals surface area contributed by atoms with Gasteiger partial charge in [0, 0.05) is 23.3 Å². The highest BCUT2D eigenvalue weighted by Crippen LogP contribution is 2.42. The summed E-state index contributed by atoms with van der Waals surface area (Å²) in [5.74, 6) is 0.171. The van der Waals surface area contributed by atoms with E-state index in [1.807, 2.05) is 11.8 Å². The third-order valence-corrected chi connectivity index (χ3v) is 5.39. The molecule has 0 bridgehead atoms. The third kappa shape index (κ3) is 3.42. The number of carbonyl (C=O) groups is 1. The molecule has 0 aromatic rings. The Kier molecular flexibility index (Phi) is 5.11. The van der Waals surface area contributed by atoms with E-state index in [0.29, 0.717) is 25.0 Å². The Bertz CT molecular complexity index is 397. The fraction of sp³-hybridized carbons (Fsp3) is 0.667. The van der Waals surface area contributed by atoms with E-state index < -0.39 is 0 Å². The van der Waals surface area contributed by atoms with E-state index in [0.717, 1.165) is 12.8 Å². The van der Waals surface area contributed by atoms with Gasteiger partial charge in [0.15, 0.2) is 0 Å². The van der Waals surface area contributed by atoms with Crippen molar-refractivity contribution in [3.63, 3.8) is 0 Å². The maximum absolute atomic E-state index is 12.0. The zero-order valence-electron chi connectivity index (χ0n) is 11.8. The van der Waals surface area contributed by atoms with Gasteiger partial charge in [0.25, 0.3) is 0 Å². The molecule has 1 amide bonds. The molecule has 0 saturated carbocycles. The number of hydrogen-bond donors (Lipinski definition) is 1. The number of allylic oxidation sites excluding steroid dienone is 1. The maximum Gasteiger partial charge on any atom is 0.225 e. The number of ether oxygens (including phenoxy) is 1. The largest absolute Gasteiger partial charge is 0.381 e. The minimum Gasteiger partial charge on any atom is -0.381 e. The van der Waals surface area contributed by atoms with Crippen molar-refractivity contribution in [1.82, 2.24) is 5.32 Å². The smallest absolute Gasteiger partial charge is 0.225 e. The van der Waals surface area contributed by atoms with Crippen LogP contribution in [0.1, 0.15) is 33.1 Å². The molecular formula is C15H23NO2S. The van der Waals surface area contributed by atoms with Crippen LogP contribution in [0.5, 0.6) is 0 Å². The van der Waals surface area contributed by atoms with Crippen molar-refractivity contribution in [1.29, 1.82) is 0 Å². The number of amides is 1. The average Bonchev–Trinajstić information content (AvgIpc) is 3.01. The molecule has 1 fully saturated rings. The van der Waals surface area contributed by atoms with E-state index in [9.17, 15) is 4.79 Å². The Morgan fingerprint density at radius 3 is 3.00 bits per heavy atom. The molecule has 0 aliphatic carbocycles. The van der Waals surface area contributed by atoms with Crippen LogP contribution in [0.2, 0.25) is 0 Å². The van der Waals surface area contributed by atoms with Crippen LogP contribution < -0.4 is 5.32 Å². The Morgan fingerprint density at radius 2 is 2.37 bits per heavy atom. The van der Waals surface area contributed by atoms with Crippen LogP contribution in [0.15, 0.2) is 22.6 Å². The molecule has 0 aromatic heterocycles. The van der Waals surface area contributed by atoms with Gasteiger partial charge in [0.05, 0.1) is 12.5 Å². The molecular weight excluding hydrogens is 258 g/mol. The van der Waals surface area contributed by atoms with Crippen LogP contribution in [0, 0.1) is 5.92 Å². The number of nitrogens with one attached hydrogen (secondary N) is 1. The highest BCUT2D eigenvalue weighted by atomic mass is 32.2. The summed E-state index contributed by atoms with van der Waals surface area (Å²) >= 11 is 1.87. The highest BCUT2D eigenvalue weighted by molar-refractivity contribution is 8.04. The Balaban J connectivity index is 1.85. The summed E-state index contributed by atoms with van der Waals surface area (Å²) in [5, 5.41) is 3.55. The van der Waals surface area contributed by atoms with E-state index in [4.69, 9.17) is 4.74 Å². The van der Waals surface area contributed by atoms with Crippen LogP contribution in [0.3, 0.4) is 0 Å². The van der Waals surface area contributed by atoms with Crippen molar-refractivity contribution in [2.45, 2.75) is 38.4 Å². The molecule has 0 radical (unpaired) electrons. The second kappa shape index (κ2) is 6.62. The van der Waals surface area contributed by atoms with Crippen molar-refractivity contribution in [3.8, 4) is 0 Å². The van der Waals surface area contributed by atoms with Gasteiger partial charge >= 0.3 is 0 Å². The van der Waals surface area contributed by atoms with Crippen molar-refractivity contribution >= 4 is 17.7 Å². The SMILES string of the molecule is C=C1C(C)=C(CNC(=O)C2CCOC2)SC1CCC. The van der Waals surface area contributed by atoms with Gasteiger partial charge in [-0.2, -0.15) is 0 Å². The fourth-order valence-corrected chi connectivity index (χ4v) is 3.95. The van der Waals surface area contributed by atoms with Gasteiger partial charge < -0.3 is 10.1 Å². The summed E-state index contributed by atoms with van der Waals surface area (Å²) in [6.45, 7) is 10.4. The molecule has 19 heavy (non-hydrogen) atoms. The lowest BCUT2D eigenvalue weighted by molar-refractivity contribution is -0.124. The maximum atomic E-state index is 12.0. The highest BCUT2D eigenvalue weighted by Gasteiger charge is 2.27. The second-order valence-corrected chi connectivity index (χ2v) is 6.54. The number of rotatable bonds is 5. The number of carbonyl (C=O) groups excluding carboxylic acids is 1. The van der Waals surface area contributed by atoms with E-state index in [1.54, 1.807) is 0 Å². The normalized spacial score (nSPS) is 27.2. The molecule has 2 aliphatic rings. The fourth-order valence-electron chi connectivity index (χ4n) is 2.47. The van der Waals surface area contributed by atoms with Gasteiger partial charge in [0.1, 0.15) is 0 Å². The summed E-state index contributed by atoms with van der Waals surface area (Å²) in [7, 11) is 0. The van der Waals surface area contributed by atoms with Crippen LogP contribution in [-0.4, -0.2) is 30.9 Å². The molecule has 2 rings (SSSR count). The van der Waals surface area contributed by atoms with E-state index in [1.165, 1.54) is 22.5 Å². The number of hydrogen-bond acceptors (Lipinski definition) is 3. The zero-order chi connectivity index (χ0) is 13.8. The van der Waals surface area contributed by atoms with Crippen molar-refractivity contribution in [2.24, 2.45) is 5.92 Å². The lowest BCUT2D eigenvalue weighted by Gasteiger charge is -2.11. The van der Waals surface area contributed by atoms with E-state index in [2.05, 4.69) is 25.7 Å². The topological polar surface area (TPSA) is 38.3 Å². The second-order valence-electron chi connectivity index (χ2n) is 5.25. The molecule has 2 heterocycles.